The number of allylic oxidation sites excluding steroid dienone is 7. The molecule has 7 unspecified atom stereocenters. The van der Waals surface area contributed by atoms with Crippen molar-refractivity contribution in [2.24, 2.45) is 0 Å². The molecular formula is C75H141NO8. The average molecular weight is 1180 g/mol. The van der Waals surface area contributed by atoms with Crippen molar-refractivity contribution in [1.82, 2.24) is 5.32 Å². The van der Waals surface area contributed by atoms with Crippen molar-refractivity contribution in [2.45, 2.75) is 410 Å². The Morgan fingerprint density at radius 3 is 1.07 bits per heavy atom. The van der Waals surface area contributed by atoms with Crippen LogP contribution in [0.25, 0.3) is 0 Å². The fourth-order valence-electron chi connectivity index (χ4n) is 11.9. The van der Waals surface area contributed by atoms with Crippen molar-refractivity contribution >= 4 is 5.91 Å². The first-order valence-electron chi connectivity index (χ1n) is 36.9. The van der Waals surface area contributed by atoms with Gasteiger partial charge in [0.2, 0.25) is 5.91 Å². The quantitative estimate of drug-likeness (QED) is 0.0261. The molecule has 494 valence electrons. The summed E-state index contributed by atoms with van der Waals surface area (Å²) in [7, 11) is 0. The lowest BCUT2D eigenvalue weighted by atomic mass is 9.99. The Balaban J connectivity index is 2.09. The molecule has 1 fully saturated rings. The zero-order chi connectivity index (χ0) is 60.7. The van der Waals surface area contributed by atoms with Gasteiger partial charge in [-0.15, -0.1) is 0 Å². The highest BCUT2D eigenvalue weighted by Crippen LogP contribution is 2.23. The predicted molar refractivity (Wildman–Crippen MR) is 359 cm³/mol. The third-order valence-electron chi connectivity index (χ3n) is 17.6. The number of aliphatic hydroxyl groups excluding tert-OH is 5. The van der Waals surface area contributed by atoms with Crippen molar-refractivity contribution < 1.29 is 39.8 Å². The Labute approximate surface area is 520 Å². The lowest BCUT2D eigenvalue weighted by Crippen LogP contribution is -2.60. The van der Waals surface area contributed by atoms with Crippen LogP contribution in [0.5, 0.6) is 0 Å². The van der Waals surface area contributed by atoms with Crippen LogP contribution in [0, 0.1) is 0 Å². The van der Waals surface area contributed by atoms with Gasteiger partial charge in [0.15, 0.2) is 6.29 Å². The maximum atomic E-state index is 13.1. The van der Waals surface area contributed by atoms with Gasteiger partial charge in [-0.25, -0.2) is 0 Å². The number of carbonyl (C=O) groups excluding carboxylic acids is 1. The fourth-order valence-corrected chi connectivity index (χ4v) is 11.9. The molecule has 0 aliphatic carbocycles. The zero-order valence-corrected chi connectivity index (χ0v) is 55.4. The second-order valence-corrected chi connectivity index (χ2v) is 25.7. The molecule has 0 spiro atoms. The molecule has 9 nitrogen and oxygen atoms in total. The van der Waals surface area contributed by atoms with E-state index in [1.54, 1.807) is 6.08 Å². The molecule has 1 heterocycles. The molecule has 0 bridgehead atoms. The van der Waals surface area contributed by atoms with Crippen molar-refractivity contribution in [3.05, 3.63) is 48.6 Å². The normalized spacial score (nSPS) is 18.4. The monoisotopic (exact) mass is 1180 g/mol. The highest BCUT2D eigenvalue weighted by Gasteiger charge is 2.44. The van der Waals surface area contributed by atoms with Gasteiger partial charge in [0.25, 0.3) is 0 Å². The minimum atomic E-state index is -1.57. The van der Waals surface area contributed by atoms with E-state index in [9.17, 15) is 30.3 Å². The molecule has 1 aliphatic heterocycles. The van der Waals surface area contributed by atoms with Crippen molar-refractivity contribution in [1.29, 1.82) is 0 Å². The molecule has 1 aliphatic rings. The Bertz CT molecular complexity index is 1470. The van der Waals surface area contributed by atoms with Crippen molar-refractivity contribution in [3.8, 4) is 0 Å². The predicted octanol–water partition coefficient (Wildman–Crippen LogP) is 20.4. The highest BCUT2D eigenvalue weighted by atomic mass is 16.7. The first-order valence-corrected chi connectivity index (χ1v) is 36.9. The maximum absolute atomic E-state index is 13.1. The van der Waals surface area contributed by atoms with Crippen LogP contribution in [0.15, 0.2) is 48.6 Å². The van der Waals surface area contributed by atoms with Gasteiger partial charge in [-0.1, -0.05) is 345 Å². The van der Waals surface area contributed by atoms with Crippen molar-refractivity contribution in [3.63, 3.8) is 0 Å². The van der Waals surface area contributed by atoms with Gasteiger partial charge < -0.3 is 40.3 Å². The molecule has 1 amide bonds. The van der Waals surface area contributed by atoms with Gasteiger partial charge in [0.05, 0.1) is 25.4 Å². The van der Waals surface area contributed by atoms with E-state index in [1.807, 2.05) is 6.08 Å². The van der Waals surface area contributed by atoms with E-state index >= 15 is 0 Å². The fraction of sp³-hybridized carbons (Fsp3) is 0.880. The second kappa shape index (κ2) is 64.1. The van der Waals surface area contributed by atoms with Crippen LogP contribution in [0.1, 0.15) is 367 Å². The molecule has 1 saturated heterocycles. The molecule has 7 atom stereocenters. The second-order valence-electron chi connectivity index (χ2n) is 25.7. The molecule has 84 heavy (non-hydrogen) atoms. The van der Waals surface area contributed by atoms with Crippen LogP contribution in [-0.2, 0) is 14.3 Å². The number of hydrogen-bond acceptors (Lipinski definition) is 8. The summed E-state index contributed by atoms with van der Waals surface area (Å²) < 4.78 is 11.3. The summed E-state index contributed by atoms with van der Waals surface area (Å²) >= 11 is 0. The number of unbranched alkanes of at least 4 members (excludes halogenated alkanes) is 49. The Morgan fingerprint density at radius 2 is 0.714 bits per heavy atom. The number of nitrogens with one attached hydrogen (secondary N) is 1. The van der Waals surface area contributed by atoms with Crippen LogP contribution in [-0.4, -0.2) is 87.5 Å². The molecule has 9 heteroatoms. The smallest absolute Gasteiger partial charge is 0.220 e. The van der Waals surface area contributed by atoms with Gasteiger partial charge in [0.1, 0.15) is 24.4 Å². The van der Waals surface area contributed by atoms with E-state index in [0.717, 1.165) is 44.9 Å². The molecule has 6 N–H and O–H groups in total. The largest absolute Gasteiger partial charge is 0.394 e. The van der Waals surface area contributed by atoms with Gasteiger partial charge in [0, 0.05) is 6.42 Å². The molecule has 1 rings (SSSR count). The number of ether oxygens (including phenoxy) is 2. The van der Waals surface area contributed by atoms with Gasteiger partial charge in [-0.05, 0) is 64.2 Å². The first kappa shape index (κ1) is 80.2. The summed E-state index contributed by atoms with van der Waals surface area (Å²) in [5.74, 6) is -0.179. The Kier molecular flexibility index (Phi) is 61.2. The Morgan fingerprint density at radius 1 is 0.405 bits per heavy atom. The van der Waals surface area contributed by atoms with E-state index in [-0.39, 0.29) is 12.5 Å². The maximum Gasteiger partial charge on any atom is 0.220 e. The molecule has 0 saturated carbocycles. The highest BCUT2D eigenvalue weighted by molar-refractivity contribution is 5.76. The van der Waals surface area contributed by atoms with Gasteiger partial charge in [-0.2, -0.15) is 0 Å². The van der Waals surface area contributed by atoms with Gasteiger partial charge >= 0.3 is 0 Å². The summed E-state index contributed by atoms with van der Waals surface area (Å²) in [5, 5.41) is 54.8. The third kappa shape index (κ3) is 52.1. The average Bonchev–Trinajstić information content (AvgIpc) is 3.70. The summed E-state index contributed by atoms with van der Waals surface area (Å²) in [6.45, 7) is 3.80. The van der Waals surface area contributed by atoms with Crippen molar-refractivity contribution in [2.75, 3.05) is 13.2 Å². The minimum absolute atomic E-state index is 0.179. The number of carbonyl (C=O) groups is 1. The van der Waals surface area contributed by atoms with Crippen LogP contribution < -0.4 is 5.32 Å². The van der Waals surface area contributed by atoms with E-state index in [4.69, 9.17) is 9.47 Å². The molecule has 0 radical (unpaired) electrons. The summed E-state index contributed by atoms with van der Waals surface area (Å²) in [5.41, 5.74) is 0. The SMILES string of the molecule is CCCCCCC/C=C\C/C=C\CCCCCCCCCCCCCCCCCCCCCCCCCCCC(=O)NC(COC1OC(CO)C(O)C(O)C1O)C(O)/C=C/CC/C=C/CCCCCCCCCCCCCCCCCCCC. The van der Waals surface area contributed by atoms with Crippen LogP contribution in [0.4, 0.5) is 0 Å². The number of hydrogen-bond donors (Lipinski definition) is 6. The van der Waals surface area contributed by atoms with Crippen LogP contribution >= 0.6 is 0 Å². The molecular weight excluding hydrogens is 1040 g/mol. The van der Waals surface area contributed by atoms with E-state index in [1.165, 1.54) is 302 Å². The summed E-state index contributed by atoms with van der Waals surface area (Å²) in [6.07, 6.45) is 81.0. The molecule has 0 aromatic rings. The third-order valence-corrected chi connectivity index (χ3v) is 17.6. The summed E-state index contributed by atoms with van der Waals surface area (Å²) in [4.78, 5) is 13.1. The van der Waals surface area contributed by atoms with Gasteiger partial charge in [-0.3, -0.25) is 4.79 Å². The van der Waals surface area contributed by atoms with Crippen LogP contribution in [0.3, 0.4) is 0 Å². The standard InChI is InChI=1S/C75H141NO8/c1-3-5-7-9-11-13-15-17-19-21-23-25-27-29-30-31-32-33-34-35-36-37-38-39-40-41-43-45-47-49-51-53-55-57-59-61-63-65-71(79)76-68(67-83-75-74(82)73(81)72(80)70(66-77)84-75)69(78)64-62-60-58-56-54-52-50-48-46-44-42-28-26-24-22-20-18-16-14-12-10-8-6-4-2/h15,17,21,23,54,56,62,64,68-70,72-75,77-78,80-82H,3-14,16,18-20,22,24-53,55,57-61,63,65-67H2,1-2H3,(H,76,79)/b17-15-,23-21-,56-54+,64-62+. The molecule has 0 aromatic carbocycles. The lowest BCUT2D eigenvalue weighted by Gasteiger charge is -2.40. The minimum Gasteiger partial charge on any atom is -0.394 e. The zero-order valence-electron chi connectivity index (χ0n) is 55.4. The van der Waals surface area contributed by atoms with Crippen LogP contribution in [0.2, 0.25) is 0 Å². The summed E-state index contributed by atoms with van der Waals surface area (Å²) in [6, 6.07) is -0.822. The topological polar surface area (TPSA) is 149 Å². The number of amides is 1. The number of rotatable bonds is 65. The first-order chi connectivity index (χ1) is 41.3. The Hall–Kier alpha value is -1.85. The van der Waals surface area contributed by atoms with E-state index in [0.29, 0.717) is 6.42 Å². The van der Waals surface area contributed by atoms with E-state index in [2.05, 4.69) is 55.6 Å². The lowest BCUT2D eigenvalue weighted by molar-refractivity contribution is -0.302. The van der Waals surface area contributed by atoms with E-state index < -0.39 is 49.5 Å². The number of aliphatic hydroxyl groups is 5. The molecule has 0 aromatic heterocycles.